The molecular weight excluding hydrogens is 346 g/mol. The van der Waals surface area contributed by atoms with Crippen molar-refractivity contribution in [1.29, 1.82) is 0 Å². The lowest BCUT2D eigenvalue weighted by Crippen LogP contribution is -2.22. The van der Waals surface area contributed by atoms with Gasteiger partial charge in [-0.15, -0.1) is 0 Å². The zero-order valence-corrected chi connectivity index (χ0v) is 15.3. The zero-order valence-electron chi connectivity index (χ0n) is 15.3. The van der Waals surface area contributed by atoms with Crippen molar-refractivity contribution in [1.82, 2.24) is 0 Å². The minimum absolute atomic E-state index is 0.189. The molecule has 2 aromatic rings. The van der Waals surface area contributed by atoms with E-state index >= 15 is 0 Å². The Hall–Kier alpha value is -3.41. The van der Waals surface area contributed by atoms with Crippen molar-refractivity contribution in [2.24, 2.45) is 0 Å². The summed E-state index contributed by atoms with van der Waals surface area (Å²) in [7, 11) is 0. The summed E-state index contributed by atoms with van der Waals surface area (Å²) in [6.45, 7) is 9.07. The summed E-state index contributed by atoms with van der Waals surface area (Å²) >= 11 is 0. The Bertz CT molecular complexity index is 821. The zero-order chi connectivity index (χ0) is 19.8. The van der Waals surface area contributed by atoms with Gasteiger partial charge in [0.2, 0.25) is 11.6 Å². The highest BCUT2D eigenvalue weighted by Gasteiger charge is 2.19. The molecule has 0 aromatic heterocycles. The van der Waals surface area contributed by atoms with Crippen molar-refractivity contribution < 1.29 is 23.9 Å². The first kappa shape index (κ1) is 19.9. The SMILES string of the molecule is C=COC(=O)Oc1ccc(C(=O)C(=O)c2ccc(N(CC)CC)cc2)cc1. The molecule has 0 radical (unpaired) electrons. The van der Waals surface area contributed by atoms with Gasteiger partial charge in [0.15, 0.2) is 0 Å². The van der Waals surface area contributed by atoms with E-state index in [1.165, 1.54) is 24.3 Å². The van der Waals surface area contributed by atoms with Gasteiger partial charge in [-0.25, -0.2) is 4.79 Å². The molecule has 0 saturated carbocycles. The van der Waals surface area contributed by atoms with Crippen molar-refractivity contribution in [2.75, 3.05) is 18.0 Å². The first-order chi connectivity index (χ1) is 13.0. The lowest BCUT2D eigenvalue weighted by atomic mass is 10.0. The van der Waals surface area contributed by atoms with E-state index in [2.05, 4.69) is 30.1 Å². The number of carbonyl (C=O) groups is 3. The van der Waals surface area contributed by atoms with Crippen LogP contribution in [0.5, 0.6) is 5.75 Å². The minimum Gasteiger partial charge on any atom is -0.403 e. The average molecular weight is 367 g/mol. The van der Waals surface area contributed by atoms with Gasteiger partial charge in [0.1, 0.15) is 5.75 Å². The van der Waals surface area contributed by atoms with Crippen LogP contribution in [0.4, 0.5) is 10.5 Å². The first-order valence-corrected chi connectivity index (χ1v) is 8.53. The molecule has 6 nitrogen and oxygen atoms in total. The second-order valence-electron chi connectivity index (χ2n) is 5.54. The Labute approximate surface area is 158 Å². The largest absolute Gasteiger partial charge is 0.518 e. The van der Waals surface area contributed by atoms with Crippen molar-refractivity contribution in [2.45, 2.75) is 13.8 Å². The van der Waals surface area contributed by atoms with Gasteiger partial charge in [-0.05, 0) is 62.4 Å². The van der Waals surface area contributed by atoms with E-state index in [0.29, 0.717) is 5.56 Å². The molecule has 0 fully saturated rings. The van der Waals surface area contributed by atoms with Gasteiger partial charge in [-0.3, -0.25) is 9.59 Å². The summed E-state index contributed by atoms with van der Waals surface area (Å²) in [5.41, 5.74) is 1.53. The van der Waals surface area contributed by atoms with Gasteiger partial charge < -0.3 is 14.4 Å². The number of nitrogens with zero attached hydrogens (tertiary/aromatic N) is 1. The molecule has 0 bridgehead atoms. The molecule has 0 saturated heterocycles. The summed E-state index contributed by atoms with van der Waals surface area (Å²) in [4.78, 5) is 38.2. The Morgan fingerprint density at radius 3 is 1.81 bits per heavy atom. The minimum atomic E-state index is -0.937. The van der Waals surface area contributed by atoms with E-state index in [1.807, 2.05) is 12.1 Å². The molecule has 0 aliphatic rings. The topological polar surface area (TPSA) is 72.9 Å². The van der Waals surface area contributed by atoms with Crippen LogP contribution in [0.3, 0.4) is 0 Å². The second kappa shape index (κ2) is 9.33. The number of Topliss-reactive ketones (excluding diaryl/α,β-unsaturated/α-hetero) is 2. The number of hydrogen-bond donors (Lipinski definition) is 0. The van der Waals surface area contributed by atoms with Crippen LogP contribution in [0.2, 0.25) is 0 Å². The molecule has 0 aliphatic carbocycles. The molecule has 2 rings (SSSR count). The van der Waals surface area contributed by atoms with Crippen molar-refractivity contribution in [3.8, 4) is 5.75 Å². The van der Waals surface area contributed by atoms with E-state index in [-0.39, 0.29) is 11.3 Å². The molecule has 0 spiro atoms. The number of ketones is 2. The van der Waals surface area contributed by atoms with Gasteiger partial charge in [-0.2, -0.15) is 0 Å². The van der Waals surface area contributed by atoms with Crippen LogP contribution < -0.4 is 9.64 Å². The lowest BCUT2D eigenvalue weighted by molar-refractivity contribution is 0.0817. The predicted molar refractivity (Wildman–Crippen MR) is 102 cm³/mol. The van der Waals surface area contributed by atoms with E-state index in [4.69, 9.17) is 4.74 Å². The molecule has 0 aliphatic heterocycles. The quantitative estimate of drug-likeness (QED) is 0.228. The number of ether oxygens (including phenoxy) is 2. The van der Waals surface area contributed by atoms with E-state index in [0.717, 1.165) is 25.0 Å². The summed E-state index contributed by atoms with van der Waals surface area (Å²) in [5, 5.41) is 0. The third-order valence-electron chi connectivity index (χ3n) is 3.96. The third kappa shape index (κ3) is 5.04. The van der Waals surface area contributed by atoms with Crippen LogP contribution in [0.25, 0.3) is 0 Å². The van der Waals surface area contributed by atoms with E-state index in [1.54, 1.807) is 12.1 Å². The number of rotatable bonds is 8. The first-order valence-electron chi connectivity index (χ1n) is 8.53. The van der Waals surface area contributed by atoms with E-state index < -0.39 is 17.7 Å². The number of benzene rings is 2. The highest BCUT2D eigenvalue weighted by Crippen LogP contribution is 2.18. The summed E-state index contributed by atoms with van der Waals surface area (Å²) in [5.74, 6) is -1.04. The predicted octanol–water partition coefficient (Wildman–Crippen LogP) is 4.26. The second-order valence-corrected chi connectivity index (χ2v) is 5.54. The van der Waals surface area contributed by atoms with Gasteiger partial charge in [0, 0.05) is 29.9 Å². The molecule has 2 aromatic carbocycles. The maximum atomic E-state index is 12.4. The van der Waals surface area contributed by atoms with Crippen LogP contribution in [0.15, 0.2) is 61.4 Å². The van der Waals surface area contributed by atoms with E-state index in [9.17, 15) is 14.4 Å². The van der Waals surface area contributed by atoms with Crippen LogP contribution in [-0.4, -0.2) is 30.8 Å². The fraction of sp³-hybridized carbons (Fsp3) is 0.190. The van der Waals surface area contributed by atoms with Gasteiger partial charge in [0.25, 0.3) is 0 Å². The van der Waals surface area contributed by atoms with Gasteiger partial charge >= 0.3 is 6.16 Å². The summed E-state index contributed by atoms with van der Waals surface area (Å²) < 4.78 is 9.30. The Balaban J connectivity index is 2.09. The number of carbonyl (C=O) groups excluding carboxylic acids is 3. The van der Waals surface area contributed by atoms with Crippen LogP contribution >= 0.6 is 0 Å². The number of hydrogen-bond acceptors (Lipinski definition) is 6. The van der Waals surface area contributed by atoms with Crippen LogP contribution in [0.1, 0.15) is 34.6 Å². The molecule has 0 amide bonds. The number of anilines is 1. The van der Waals surface area contributed by atoms with Crippen LogP contribution in [-0.2, 0) is 4.74 Å². The molecule has 0 atom stereocenters. The Kier molecular flexibility index (Phi) is 6.88. The molecule has 0 unspecified atom stereocenters. The monoisotopic (exact) mass is 367 g/mol. The van der Waals surface area contributed by atoms with Gasteiger partial charge in [-0.1, -0.05) is 6.58 Å². The fourth-order valence-electron chi connectivity index (χ4n) is 2.54. The molecule has 0 heterocycles. The van der Waals surface area contributed by atoms with Crippen molar-refractivity contribution in [3.05, 3.63) is 72.5 Å². The molecule has 0 N–H and O–H groups in total. The summed E-state index contributed by atoms with van der Waals surface area (Å²) in [6.07, 6.45) is 0.0122. The highest BCUT2D eigenvalue weighted by atomic mass is 16.7. The molecular formula is C21H21NO5. The summed E-state index contributed by atoms with van der Waals surface area (Å²) in [6, 6.07) is 12.6. The third-order valence-corrected chi connectivity index (χ3v) is 3.96. The molecule has 6 heteroatoms. The van der Waals surface area contributed by atoms with Crippen LogP contribution in [0, 0.1) is 0 Å². The fourth-order valence-corrected chi connectivity index (χ4v) is 2.54. The van der Waals surface area contributed by atoms with Crippen molar-refractivity contribution >= 4 is 23.4 Å². The normalized spacial score (nSPS) is 10.0. The molecule has 140 valence electrons. The standard InChI is InChI=1S/C21H21NO5/c1-4-22(5-2)17-11-7-15(8-12-17)19(23)20(24)16-9-13-18(14-10-16)27-21(25)26-6-3/h6-14H,3-5H2,1-2H3. The highest BCUT2D eigenvalue weighted by molar-refractivity contribution is 6.49. The maximum absolute atomic E-state index is 12.4. The Morgan fingerprint density at radius 1 is 0.889 bits per heavy atom. The molecule has 27 heavy (non-hydrogen) atoms. The Morgan fingerprint density at radius 2 is 1.37 bits per heavy atom. The maximum Gasteiger partial charge on any atom is 0.518 e. The smallest absolute Gasteiger partial charge is 0.403 e. The average Bonchev–Trinajstić information content (AvgIpc) is 2.69. The van der Waals surface area contributed by atoms with Crippen molar-refractivity contribution in [3.63, 3.8) is 0 Å². The van der Waals surface area contributed by atoms with Gasteiger partial charge in [0.05, 0.1) is 6.26 Å². The lowest BCUT2D eigenvalue weighted by Gasteiger charge is -2.20.